The Balaban J connectivity index is 1.31. The predicted octanol–water partition coefficient (Wildman–Crippen LogP) is 8.04. The number of ether oxygens (including phenoxy) is 4. The summed E-state index contributed by atoms with van der Waals surface area (Å²) in [7, 11) is -7.45. The number of carbonyl (C=O) groups excluding carboxylic acids is 2. The van der Waals surface area contributed by atoms with Gasteiger partial charge in [0, 0.05) is 48.1 Å². The molecule has 0 aliphatic heterocycles. The van der Waals surface area contributed by atoms with Crippen molar-refractivity contribution in [2.45, 2.75) is 121 Å². The van der Waals surface area contributed by atoms with Crippen LogP contribution < -0.4 is 5.32 Å². The van der Waals surface area contributed by atoms with E-state index in [2.05, 4.69) is 65.1 Å². The first-order valence-electron chi connectivity index (χ1n) is 22.6. The molecule has 0 aliphatic rings. The number of amides is 1. The zero-order valence-corrected chi connectivity index (χ0v) is 40.4. The van der Waals surface area contributed by atoms with E-state index < -0.39 is 25.6 Å². The van der Waals surface area contributed by atoms with E-state index in [1.54, 1.807) is 6.07 Å². The molecule has 0 bridgehead atoms. The van der Waals surface area contributed by atoms with Crippen LogP contribution in [0.4, 0.5) is 0 Å². The average molecular weight is 930 g/mol. The van der Waals surface area contributed by atoms with Gasteiger partial charge in [0.2, 0.25) is 30.0 Å². The summed E-state index contributed by atoms with van der Waals surface area (Å²) in [5.41, 5.74) is 1.23. The van der Waals surface area contributed by atoms with Crippen LogP contribution in [-0.4, -0.2) is 114 Å². The summed E-state index contributed by atoms with van der Waals surface area (Å²) in [6.45, 7) is 10.6. The van der Waals surface area contributed by atoms with Crippen LogP contribution in [0.3, 0.4) is 0 Å². The van der Waals surface area contributed by atoms with E-state index in [4.69, 9.17) is 18.9 Å². The molecule has 3 rings (SSSR count). The topological polar surface area (TPSA) is 203 Å². The van der Waals surface area contributed by atoms with Crippen LogP contribution in [0.2, 0.25) is 0 Å². The van der Waals surface area contributed by atoms with E-state index in [1.165, 1.54) is 94.4 Å². The Morgan fingerprint density at radius 3 is 1.62 bits per heavy atom. The summed E-state index contributed by atoms with van der Waals surface area (Å²) >= 11 is 0. The van der Waals surface area contributed by atoms with Gasteiger partial charge in [-0.1, -0.05) is 91.2 Å². The standard InChI is InChI=1S/C47H71N5O10S2/c1-7-8-9-10-11-12-13-14-15-16-17-18-19-20-21-40(47(2,3)4)44(54)62-33-32-61-31-30-60-29-28-59-27-26-48-43(53)39-35-37(41-22-24-49-45(51-41)63(5,55)56)34-38(36-39)42-23-25-50-46(52-42)64(6,57)58/h14-15,22-25,34-36,40H,7-13,16-21,26-33H2,1-6H3,(H,48,53)/b15-14-. The summed E-state index contributed by atoms with van der Waals surface area (Å²) in [4.78, 5) is 42.3. The minimum absolute atomic E-state index is 0.163. The maximum absolute atomic E-state index is 13.3. The molecule has 1 amide bonds. The SMILES string of the molecule is CCCCCCCC/C=C\CCCCCCC(C(=O)OCCOCCOCCOCCNC(=O)c1cc(-c2ccnc(S(C)(=O)=O)n2)cc(-c2ccnc(S(C)(=O)=O)n2)c1)C(C)(C)C. The molecular weight excluding hydrogens is 859 g/mol. The smallest absolute Gasteiger partial charge is 0.309 e. The second-order valence-corrected chi connectivity index (χ2v) is 20.8. The van der Waals surface area contributed by atoms with Crippen molar-refractivity contribution >= 4 is 31.6 Å². The molecule has 15 nitrogen and oxygen atoms in total. The minimum atomic E-state index is -3.73. The largest absolute Gasteiger partial charge is 0.463 e. The van der Waals surface area contributed by atoms with E-state index in [1.807, 2.05) is 0 Å². The van der Waals surface area contributed by atoms with Crippen molar-refractivity contribution in [2.75, 3.05) is 65.3 Å². The number of nitrogens with one attached hydrogen (secondary N) is 1. The number of sulfone groups is 2. The van der Waals surface area contributed by atoms with Gasteiger partial charge in [-0.3, -0.25) is 9.59 Å². The lowest BCUT2D eigenvalue weighted by atomic mass is 9.77. The van der Waals surface area contributed by atoms with E-state index in [9.17, 15) is 26.4 Å². The van der Waals surface area contributed by atoms with Crippen LogP contribution in [0, 0.1) is 11.3 Å². The van der Waals surface area contributed by atoms with Crippen molar-refractivity contribution in [1.29, 1.82) is 0 Å². The minimum Gasteiger partial charge on any atom is -0.463 e. The number of hydrogen-bond donors (Lipinski definition) is 1. The predicted molar refractivity (Wildman–Crippen MR) is 248 cm³/mol. The van der Waals surface area contributed by atoms with Crippen molar-refractivity contribution in [1.82, 2.24) is 25.3 Å². The molecular formula is C47H71N5O10S2. The van der Waals surface area contributed by atoms with Crippen molar-refractivity contribution < 1.29 is 45.4 Å². The summed E-state index contributed by atoms with van der Waals surface area (Å²) in [6.07, 6.45) is 24.9. The number of rotatable bonds is 32. The molecule has 0 saturated carbocycles. The molecule has 17 heteroatoms. The Morgan fingerprint density at radius 1 is 0.656 bits per heavy atom. The van der Waals surface area contributed by atoms with Gasteiger partial charge in [-0.25, -0.2) is 36.8 Å². The molecule has 0 saturated heterocycles. The van der Waals surface area contributed by atoms with Gasteiger partial charge >= 0.3 is 5.97 Å². The van der Waals surface area contributed by atoms with Gasteiger partial charge in [0.15, 0.2) is 0 Å². The van der Waals surface area contributed by atoms with Crippen LogP contribution in [0.15, 0.2) is 65.2 Å². The number of benzene rings is 1. The first-order valence-corrected chi connectivity index (χ1v) is 26.3. The van der Waals surface area contributed by atoms with Gasteiger partial charge in [0.1, 0.15) is 6.61 Å². The fraction of sp³-hybridized carbons (Fsp3) is 0.617. The highest BCUT2D eigenvalue weighted by atomic mass is 32.2. The molecule has 0 spiro atoms. The zero-order valence-electron chi connectivity index (χ0n) is 38.8. The van der Waals surface area contributed by atoms with E-state index in [-0.39, 0.29) is 77.5 Å². The van der Waals surface area contributed by atoms with Crippen LogP contribution in [0.25, 0.3) is 22.5 Å². The summed E-state index contributed by atoms with van der Waals surface area (Å²) in [6, 6.07) is 7.69. The number of carbonyl (C=O) groups is 2. The Hall–Kier alpha value is -4.16. The van der Waals surface area contributed by atoms with Crippen molar-refractivity contribution in [3.63, 3.8) is 0 Å². The van der Waals surface area contributed by atoms with Gasteiger partial charge in [-0.15, -0.1) is 0 Å². The number of esters is 1. The van der Waals surface area contributed by atoms with E-state index in [0.717, 1.165) is 38.2 Å². The number of hydrogen-bond acceptors (Lipinski definition) is 14. The zero-order chi connectivity index (χ0) is 46.9. The van der Waals surface area contributed by atoms with Gasteiger partial charge in [-0.2, -0.15) is 0 Å². The van der Waals surface area contributed by atoms with Gasteiger partial charge in [0.25, 0.3) is 5.91 Å². The molecule has 0 aliphatic carbocycles. The Labute approximate surface area is 381 Å². The molecule has 1 aromatic carbocycles. The third kappa shape index (κ3) is 21.2. The van der Waals surface area contributed by atoms with Gasteiger partial charge < -0.3 is 24.3 Å². The average Bonchev–Trinajstić information content (AvgIpc) is 3.25. The maximum Gasteiger partial charge on any atom is 0.309 e. The third-order valence-corrected chi connectivity index (χ3v) is 12.0. The maximum atomic E-state index is 13.3. The van der Waals surface area contributed by atoms with Crippen molar-refractivity contribution in [3.05, 3.63) is 60.4 Å². The molecule has 2 heterocycles. The summed E-state index contributed by atoms with van der Waals surface area (Å²) in [5.74, 6) is -0.794. The van der Waals surface area contributed by atoms with E-state index >= 15 is 0 Å². The van der Waals surface area contributed by atoms with Gasteiger partial charge in [0.05, 0.1) is 56.9 Å². The molecule has 0 fully saturated rings. The molecule has 1 atom stereocenters. The third-order valence-electron chi connectivity index (χ3n) is 10.3. The Bertz CT molecular complexity index is 2030. The lowest BCUT2D eigenvalue weighted by Gasteiger charge is -2.29. The quantitative estimate of drug-likeness (QED) is 0.0273. The lowest BCUT2D eigenvalue weighted by molar-refractivity contribution is -0.154. The van der Waals surface area contributed by atoms with Crippen LogP contribution >= 0.6 is 0 Å². The highest BCUT2D eigenvalue weighted by molar-refractivity contribution is 7.90. The van der Waals surface area contributed by atoms with Crippen molar-refractivity contribution in [2.24, 2.45) is 11.3 Å². The highest BCUT2D eigenvalue weighted by Gasteiger charge is 2.32. The Kier molecular flexibility index (Phi) is 24.3. The lowest BCUT2D eigenvalue weighted by Crippen LogP contribution is -2.31. The Morgan fingerprint density at radius 2 is 1.12 bits per heavy atom. The number of aromatic nitrogens is 4. The highest BCUT2D eigenvalue weighted by Crippen LogP contribution is 2.32. The fourth-order valence-electron chi connectivity index (χ4n) is 6.74. The van der Waals surface area contributed by atoms with E-state index in [0.29, 0.717) is 30.9 Å². The first-order chi connectivity index (χ1) is 30.5. The summed E-state index contributed by atoms with van der Waals surface area (Å²) in [5, 5.41) is 2.02. The molecule has 0 radical (unpaired) electrons. The molecule has 1 N–H and O–H groups in total. The van der Waals surface area contributed by atoms with Crippen LogP contribution in [0.1, 0.15) is 122 Å². The normalized spacial score (nSPS) is 12.7. The fourth-order valence-corrected chi connectivity index (χ4v) is 7.78. The van der Waals surface area contributed by atoms with Gasteiger partial charge in [-0.05, 0) is 67.9 Å². The number of allylic oxidation sites excluding steroid dienone is 2. The second kappa shape index (κ2) is 28.7. The molecule has 1 unspecified atom stereocenters. The molecule has 64 heavy (non-hydrogen) atoms. The second-order valence-electron chi connectivity index (χ2n) is 17.0. The van der Waals surface area contributed by atoms with Crippen LogP contribution in [-0.2, 0) is 43.4 Å². The molecule has 356 valence electrons. The van der Waals surface area contributed by atoms with Crippen molar-refractivity contribution in [3.8, 4) is 22.5 Å². The van der Waals surface area contributed by atoms with Crippen LogP contribution in [0.5, 0.6) is 0 Å². The first kappa shape index (κ1) is 54.2. The number of nitrogens with zero attached hydrogens (tertiary/aromatic N) is 4. The summed E-state index contributed by atoms with van der Waals surface area (Å²) < 4.78 is 71.0. The monoisotopic (exact) mass is 929 g/mol. The number of unbranched alkanes of at least 4 members (excludes halogenated alkanes) is 10. The molecule has 3 aromatic rings. The molecule has 2 aromatic heterocycles.